The maximum Gasteiger partial charge on any atom is 0.261 e. The molecule has 1 saturated heterocycles. The summed E-state index contributed by atoms with van der Waals surface area (Å²) in [7, 11) is -3.72. The molecule has 0 unspecified atom stereocenters. The van der Waals surface area contributed by atoms with E-state index in [-0.39, 0.29) is 10.8 Å². The number of amides is 1. The Morgan fingerprint density at radius 1 is 0.875 bits per heavy atom. The van der Waals surface area contributed by atoms with Crippen LogP contribution in [0.1, 0.15) is 34.3 Å². The summed E-state index contributed by atoms with van der Waals surface area (Å²) >= 11 is 0. The number of nitrogens with zero attached hydrogens (tertiary/aromatic N) is 1. The molecule has 0 bridgehead atoms. The highest BCUT2D eigenvalue weighted by Gasteiger charge is 2.16. The number of benzene rings is 3. The minimum absolute atomic E-state index is 0.104. The van der Waals surface area contributed by atoms with E-state index < -0.39 is 10.0 Å². The second-order valence-electron chi connectivity index (χ2n) is 8.04. The molecule has 7 heteroatoms. The van der Waals surface area contributed by atoms with Gasteiger partial charge in [-0.15, -0.1) is 0 Å². The zero-order valence-electron chi connectivity index (χ0n) is 18.0. The molecule has 1 aliphatic rings. The van der Waals surface area contributed by atoms with Crippen LogP contribution >= 0.6 is 0 Å². The zero-order valence-corrected chi connectivity index (χ0v) is 18.9. The molecule has 32 heavy (non-hydrogen) atoms. The first-order valence-electron chi connectivity index (χ1n) is 10.7. The van der Waals surface area contributed by atoms with Crippen molar-refractivity contribution < 1.29 is 13.2 Å². The van der Waals surface area contributed by atoms with Gasteiger partial charge >= 0.3 is 0 Å². The number of anilines is 2. The fourth-order valence-electron chi connectivity index (χ4n) is 3.71. The van der Waals surface area contributed by atoms with Crippen molar-refractivity contribution >= 4 is 27.3 Å². The summed E-state index contributed by atoms with van der Waals surface area (Å²) in [5.74, 6) is -0.246. The van der Waals surface area contributed by atoms with Crippen LogP contribution in [0.5, 0.6) is 0 Å². The molecular formula is C25H27N3O3S. The average molecular weight is 450 g/mol. The van der Waals surface area contributed by atoms with Crippen molar-refractivity contribution in [2.45, 2.75) is 31.2 Å². The number of carbonyl (C=O) groups is 1. The third-order valence-electron chi connectivity index (χ3n) is 5.59. The van der Waals surface area contributed by atoms with Crippen molar-refractivity contribution in [3.05, 3.63) is 89.5 Å². The molecule has 1 fully saturated rings. The van der Waals surface area contributed by atoms with E-state index in [9.17, 15) is 13.2 Å². The minimum atomic E-state index is -3.72. The van der Waals surface area contributed by atoms with Gasteiger partial charge in [0.15, 0.2) is 0 Å². The van der Waals surface area contributed by atoms with Gasteiger partial charge in [-0.1, -0.05) is 29.8 Å². The molecule has 2 N–H and O–H groups in total. The number of carbonyl (C=O) groups excluding carboxylic acids is 1. The third kappa shape index (κ3) is 5.29. The van der Waals surface area contributed by atoms with Crippen molar-refractivity contribution in [2.24, 2.45) is 0 Å². The first-order valence-corrected chi connectivity index (χ1v) is 12.2. The lowest BCUT2D eigenvalue weighted by Gasteiger charge is -2.17. The Bertz CT molecular complexity index is 1170. The molecule has 6 nitrogen and oxygen atoms in total. The summed E-state index contributed by atoms with van der Waals surface area (Å²) in [6.07, 6.45) is 2.47. The van der Waals surface area contributed by atoms with Gasteiger partial charge in [0.2, 0.25) is 0 Å². The maximum absolute atomic E-state index is 12.6. The maximum atomic E-state index is 12.6. The molecule has 3 aromatic rings. The predicted octanol–water partition coefficient (Wildman–Crippen LogP) is 4.33. The van der Waals surface area contributed by atoms with Crippen LogP contribution in [0.25, 0.3) is 0 Å². The Balaban J connectivity index is 1.34. The van der Waals surface area contributed by atoms with E-state index in [4.69, 9.17) is 0 Å². The first kappa shape index (κ1) is 21.9. The molecule has 0 saturated carbocycles. The monoisotopic (exact) mass is 449 g/mol. The fraction of sp³-hybridized carbons (Fsp3) is 0.240. The SMILES string of the molecule is Cc1ccc(NS(=O)(=O)c2ccc(C(=O)NCc3ccc(N4CCCC4)cc3)cc2)cc1. The van der Waals surface area contributed by atoms with Crippen LogP contribution in [0.4, 0.5) is 11.4 Å². The lowest BCUT2D eigenvalue weighted by atomic mass is 10.1. The second kappa shape index (κ2) is 9.44. The molecule has 3 aromatic carbocycles. The Labute approximate surface area is 189 Å². The number of hydrogen-bond donors (Lipinski definition) is 2. The molecule has 166 valence electrons. The standard InChI is InChI=1S/C25H27N3O3S/c1-19-4-10-22(11-5-19)27-32(30,31)24-14-8-21(9-15-24)25(29)26-18-20-6-12-23(13-7-20)28-16-2-3-17-28/h4-15,27H,2-3,16-18H2,1H3,(H,26,29). The number of aryl methyl sites for hydroxylation is 1. The van der Waals surface area contributed by atoms with Gasteiger partial charge in [-0.2, -0.15) is 0 Å². The van der Waals surface area contributed by atoms with Gasteiger partial charge in [0, 0.05) is 36.6 Å². The van der Waals surface area contributed by atoms with Gasteiger partial charge in [0.05, 0.1) is 4.90 Å². The van der Waals surface area contributed by atoms with Crippen LogP contribution in [0.3, 0.4) is 0 Å². The molecule has 1 heterocycles. The Kier molecular flexibility index (Phi) is 6.46. The smallest absolute Gasteiger partial charge is 0.261 e. The molecule has 0 radical (unpaired) electrons. The predicted molar refractivity (Wildman–Crippen MR) is 127 cm³/mol. The Hall–Kier alpha value is -3.32. The molecule has 1 amide bonds. The Morgan fingerprint density at radius 3 is 2.12 bits per heavy atom. The van der Waals surface area contributed by atoms with Crippen molar-refractivity contribution in [2.75, 3.05) is 22.7 Å². The van der Waals surface area contributed by atoms with Crippen LogP contribution in [0.2, 0.25) is 0 Å². The van der Waals surface area contributed by atoms with Crippen molar-refractivity contribution in [3.8, 4) is 0 Å². The van der Waals surface area contributed by atoms with Crippen LogP contribution in [-0.2, 0) is 16.6 Å². The van der Waals surface area contributed by atoms with Gasteiger partial charge in [0.1, 0.15) is 0 Å². The molecule has 0 spiro atoms. The third-order valence-corrected chi connectivity index (χ3v) is 6.99. The zero-order chi connectivity index (χ0) is 22.6. The van der Waals surface area contributed by atoms with E-state index in [1.165, 1.54) is 42.8 Å². The summed E-state index contributed by atoms with van der Waals surface area (Å²) in [5, 5.41) is 2.89. The van der Waals surface area contributed by atoms with E-state index in [0.717, 1.165) is 24.2 Å². The van der Waals surface area contributed by atoms with Gasteiger partial charge in [-0.05, 0) is 73.9 Å². The molecular weight excluding hydrogens is 422 g/mol. The van der Waals surface area contributed by atoms with Crippen LogP contribution in [-0.4, -0.2) is 27.4 Å². The topological polar surface area (TPSA) is 78.5 Å². The second-order valence-corrected chi connectivity index (χ2v) is 9.72. The van der Waals surface area contributed by atoms with E-state index in [2.05, 4.69) is 27.1 Å². The van der Waals surface area contributed by atoms with Crippen LogP contribution in [0.15, 0.2) is 77.7 Å². The number of hydrogen-bond acceptors (Lipinski definition) is 4. The lowest BCUT2D eigenvalue weighted by molar-refractivity contribution is 0.0951. The van der Waals surface area contributed by atoms with Gasteiger partial charge < -0.3 is 10.2 Å². The van der Waals surface area contributed by atoms with E-state index in [0.29, 0.717) is 17.8 Å². The number of sulfonamides is 1. The molecule has 0 atom stereocenters. The normalized spacial score (nSPS) is 13.7. The fourth-order valence-corrected chi connectivity index (χ4v) is 4.76. The number of rotatable bonds is 7. The molecule has 4 rings (SSSR count). The summed E-state index contributed by atoms with van der Waals surface area (Å²) < 4.78 is 27.7. The van der Waals surface area contributed by atoms with E-state index in [1.807, 2.05) is 31.2 Å². The van der Waals surface area contributed by atoms with Gasteiger partial charge in [-0.3, -0.25) is 9.52 Å². The largest absolute Gasteiger partial charge is 0.372 e. The molecule has 1 aliphatic heterocycles. The quantitative estimate of drug-likeness (QED) is 0.563. The van der Waals surface area contributed by atoms with Gasteiger partial charge in [0.25, 0.3) is 15.9 Å². The highest BCUT2D eigenvalue weighted by Crippen LogP contribution is 2.21. The summed E-state index contributed by atoms with van der Waals surface area (Å²) in [5.41, 5.74) is 4.18. The summed E-state index contributed by atoms with van der Waals surface area (Å²) in [6, 6.07) is 21.3. The van der Waals surface area contributed by atoms with Crippen LogP contribution in [0, 0.1) is 6.92 Å². The Morgan fingerprint density at radius 2 is 1.50 bits per heavy atom. The molecule has 0 aliphatic carbocycles. The van der Waals surface area contributed by atoms with Crippen molar-refractivity contribution in [1.29, 1.82) is 0 Å². The summed E-state index contributed by atoms with van der Waals surface area (Å²) in [4.78, 5) is 15.0. The van der Waals surface area contributed by atoms with E-state index >= 15 is 0 Å². The highest BCUT2D eigenvalue weighted by atomic mass is 32.2. The highest BCUT2D eigenvalue weighted by molar-refractivity contribution is 7.92. The number of nitrogens with one attached hydrogen (secondary N) is 2. The first-order chi connectivity index (χ1) is 15.4. The van der Waals surface area contributed by atoms with E-state index in [1.54, 1.807) is 12.1 Å². The van der Waals surface area contributed by atoms with Crippen molar-refractivity contribution in [3.63, 3.8) is 0 Å². The lowest BCUT2D eigenvalue weighted by Crippen LogP contribution is -2.23. The average Bonchev–Trinajstić information content (AvgIpc) is 3.34. The minimum Gasteiger partial charge on any atom is -0.372 e. The van der Waals surface area contributed by atoms with Crippen molar-refractivity contribution in [1.82, 2.24) is 5.32 Å². The van der Waals surface area contributed by atoms with Gasteiger partial charge in [-0.25, -0.2) is 8.42 Å². The molecule has 0 aromatic heterocycles. The summed E-state index contributed by atoms with van der Waals surface area (Å²) in [6.45, 7) is 4.55. The van der Waals surface area contributed by atoms with Crippen LogP contribution < -0.4 is 14.9 Å².